The van der Waals surface area contributed by atoms with E-state index in [1.807, 2.05) is 30.3 Å². The Labute approximate surface area is 133 Å². The molecule has 8 heteroatoms. The summed E-state index contributed by atoms with van der Waals surface area (Å²) >= 11 is 0. The Morgan fingerprint density at radius 1 is 1.35 bits per heavy atom. The molecular formula is C15H19N3O5. The summed E-state index contributed by atoms with van der Waals surface area (Å²) in [5.74, 6) is 0. The van der Waals surface area contributed by atoms with Crippen LogP contribution in [0.4, 0.5) is 0 Å². The first-order chi connectivity index (χ1) is 11.2. The average molecular weight is 321 g/mol. The van der Waals surface area contributed by atoms with Gasteiger partial charge >= 0.3 is 0 Å². The Balaban J connectivity index is 1.73. The second-order valence-corrected chi connectivity index (χ2v) is 5.53. The molecule has 124 valence electrons. The van der Waals surface area contributed by atoms with Crippen molar-refractivity contribution in [1.29, 1.82) is 0 Å². The van der Waals surface area contributed by atoms with Crippen LogP contribution < -0.4 is 0 Å². The molecule has 1 N–H and O–H groups in total. The zero-order chi connectivity index (χ0) is 16.2. The number of aliphatic hydroxyl groups is 1. The zero-order valence-corrected chi connectivity index (χ0v) is 12.7. The van der Waals surface area contributed by atoms with Gasteiger partial charge in [0.15, 0.2) is 6.29 Å². The summed E-state index contributed by atoms with van der Waals surface area (Å²) < 4.78 is 22.7. The van der Waals surface area contributed by atoms with E-state index in [0.717, 1.165) is 5.56 Å². The van der Waals surface area contributed by atoms with Crippen molar-refractivity contribution in [1.82, 2.24) is 0 Å². The van der Waals surface area contributed by atoms with Crippen LogP contribution >= 0.6 is 0 Å². The van der Waals surface area contributed by atoms with Crippen molar-refractivity contribution in [3.63, 3.8) is 0 Å². The zero-order valence-electron chi connectivity index (χ0n) is 12.7. The largest absolute Gasteiger partial charge is 0.390 e. The maximum absolute atomic E-state index is 9.95. The smallest absolute Gasteiger partial charge is 0.186 e. The summed E-state index contributed by atoms with van der Waals surface area (Å²) in [6, 6.07) is 9.01. The van der Waals surface area contributed by atoms with Crippen LogP contribution in [0.15, 0.2) is 35.4 Å². The molecule has 1 aromatic carbocycles. The lowest BCUT2D eigenvalue weighted by Gasteiger charge is -2.34. The van der Waals surface area contributed by atoms with E-state index in [1.165, 1.54) is 7.11 Å². The van der Waals surface area contributed by atoms with Crippen LogP contribution in [0, 0.1) is 0 Å². The molecule has 23 heavy (non-hydrogen) atoms. The fraction of sp³-hybridized carbons (Fsp3) is 0.600. The molecule has 2 aliphatic heterocycles. The van der Waals surface area contributed by atoms with Crippen LogP contribution in [-0.4, -0.2) is 55.6 Å². The Hall–Kier alpha value is -1.67. The SMILES string of the molecule is CO[C@@H]1O[C@@H]2[C@H](N=[N+]=[N-])[C@@H](O)CO[C@H]2[C@H]1OCc1ccccc1. The van der Waals surface area contributed by atoms with Crippen LogP contribution in [0.5, 0.6) is 0 Å². The predicted molar refractivity (Wildman–Crippen MR) is 79.4 cm³/mol. The first kappa shape index (κ1) is 16.2. The number of azide groups is 1. The van der Waals surface area contributed by atoms with Crippen molar-refractivity contribution in [2.45, 2.75) is 43.4 Å². The van der Waals surface area contributed by atoms with E-state index in [9.17, 15) is 5.11 Å². The maximum atomic E-state index is 9.95. The van der Waals surface area contributed by atoms with Gasteiger partial charge in [-0.25, -0.2) is 0 Å². The number of methoxy groups -OCH3 is 1. The van der Waals surface area contributed by atoms with Gasteiger partial charge in [0.25, 0.3) is 0 Å². The normalized spacial score (nSPS) is 36.3. The van der Waals surface area contributed by atoms with Crippen LogP contribution in [0.1, 0.15) is 5.56 Å². The fourth-order valence-corrected chi connectivity index (χ4v) is 2.98. The van der Waals surface area contributed by atoms with Crippen LogP contribution in [-0.2, 0) is 25.6 Å². The summed E-state index contributed by atoms with van der Waals surface area (Å²) in [7, 11) is 1.51. The van der Waals surface area contributed by atoms with E-state index >= 15 is 0 Å². The van der Waals surface area contributed by atoms with Crippen molar-refractivity contribution in [2.24, 2.45) is 5.11 Å². The number of ether oxygens (including phenoxy) is 4. The van der Waals surface area contributed by atoms with Crippen molar-refractivity contribution >= 4 is 0 Å². The van der Waals surface area contributed by atoms with Gasteiger partial charge in [-0.3, -0.25) is 0 Å². The maximum Gasteiger partial charge on any atom is 0.186 e. The molecule has 0 bridgehead atoms. The van der Waals surface area contributed by atoms with E-state index in [2.05, 4.69) is 10.0 Å². The molecule has 3 rings (SSSR count). The molecule has 2 fully saturated rings. The second kappa shape index (κ2) is 7.27. The summed E-state index contributed by atoms with van der Waals surface area (Å²) in [6.45, 7) is 0.450. The Morgan fingerprint density at radius 3 is 2.83 bits per heavy atom. The molecule has 0 aliphatic carbocycles. The highest BCUT2D eigenvalue weighted by Gasteiger charge is 2.53. The third kappa shape index (κ3) is 3.32. The highest BCUT2D eigenvalue weighted by molar-refractivity contribution is 5.13. The molecule has 0 saturated carbocycles. The van der Waals surface area contributed by atoms with Gasteiger partial charge in [0.2, 0.25) is 0 Å². The fourth-order valence-electron chi connectivity index (χ4n) is 2.98. The third-order valence-electron chi connectivity index (χ3n) is 4.10. The van der Waals surface area contributed by atoms with Crippen molar-refractivity contribution in [2.75, 3.05) is 13.7 Å². The molecule has 2 saturated heterocycles. The van der Waals surface area contributed by atoms with Crippen molar-refractivity contribution < 1.29 is 24.1 Å². The van der Waals surface area contributed by atoms with Gasteiger partial charge in [-0.2, -0.15) is 0 Å². The molecule has 0 aromatic heterocycles. The number of hydrogen-bond donors (Lipinski definition) is 1. The quantitative estimate of drug-likeness (QED) is 0.501. The van der Waals surface area contributed by atoms with Gasteiger partial charge < -0.3 is 24.1 Å². The van der Waals surface area contributed by atoms with Crippen LogP contribution in [0.25, 0.3) is 10.4 Å². The Morgan fingerprint density at radius 2 is 2.13 bits per heavy atom. The third-order valence-corrected chi connectivity index (χ3v) is 4.10. The number of rotatable bonds is 5. The minimum Gasteiger partial charge on any atom is -0.390 e. The van der Waals surface area contributed by atoms with Gasteiger partial charge in [-0.15, -0.1) is 0 Å². The highest BCUT2D eigenvalue weighted by atomic mass is 16.7. The standard InChI is InChI=1S/C15H19N3O5/c1-20-15-14(21-7-9-5-3-2-4-6-9)13-12(23-15)11(17-18-16)10(19)8-22-13/h2-6,10-15,19H,7-8H2,1H3/t10-,11+,12+,13+,14+,15+/m0/s1. The number of hydrogen-bond acceptors (Lipinski definition) is 6. The number of benzene rings is 1. The second-order valence-electron chi connectivity index (χ2n) is 5.53. The lowest BCUT2D eigenvalue weighted by atomic mass is 9.96. The molecule has 0 spiro atoms. The molecular weight excluding hydrogens is 302 g/mol. The highest BCUT2D eigenvalue weighted by Crippen LogP contribution is 2.35. The molecule has 0 amide bonds. The molecule has 6 atom stereocenters. The molecule has 8 nitrogen and oxygen atoms in total. The lowest BCUT2D eigenvalue weighted by molar-refractivity contribution is -0.167. The molecule has 1 aromatic rings. The molecule has 0 radical (unpaired) electrons. The minimum atomic E-state index is -0.905. The first-order valence-corrected chi connectivity index (χ1v) is 7.42. The number of aliphatic hydroxyl groups excluding tert-OH is 1. The van der Waals surface area contributed by atoms with Crippen LogP contribution in [0.2, 0.25) is 0 Å². The van der Waals surface area contributed by atoms with Crippen molar-refractivity contribution in [3.05, 3.63) is 46.3 Å². The first-order valence-electron chi connectivity index (χ1n) is 7.42. The van der Waals surface area contributed by atoms with Crippen molar-refractivity contribution in [3.8, 4) is 0 Å². The minimum absolute atomic E-state index is 0.0653. The Kier molecular flexibility index (Phi) is 5.12. The molecule has 0 unspecified atom stereocenters. The number of nitrogens with zero attached hydrogens (tertiary/aromatic N) is 3. The van der Waals surface area contributed by atoms with Gasteiger partial charge in [0.05, 0.1) is 25.4 Å². The summed E-state index contributed by atoms with van der Waals surface area (Å²) in [5.41, 5.74) is 9.71. The summed E-state index contributed by atoms with van der Waals surface area (Å²) in [4.78, 5) is 2.79. The van der Waals surface area contributed by atoms with Crippen LogP contribution in [0.3, 0.4) is 0 Å². The summed E-state index contributed by atoms with van der Waals surface area (Å²) in [5, 5.41) is 13.6. The molecule has 2 heterocycles. The van der Waals surface area contributed by atoms with Gasteiger partial charge in [-0.05, 0) is 11.1 Å². The molecule has 2 aliphatic rings. The van der Waals surface area contributed by atoms with E-state index in [-0.39, 0.29) is 6.61 Å². The van der Waals surface area contributed by atoms with E-state index in [1.54, 1.807) is 0 Å². The predicted octanol–water partition coefficient (Wildman–Crippen LogP) is 1.38. The monoisotopic (exact) mass is 321 g/mol. The van der Waals surface area contributed by atoms with Gasteiger partial charge in [0.1, 0.15) is 18.3 Å². The number of fused-ring (bicyclic) bond motifs is 1. The lowest BCUT2D eigenvalue weighted by Crippen LogP contribution is -2.52. The van der Waals surface area contributed by atoms with E-state index in [4.69, 9.17) is 24.5 Å². The van der Waals surface area contributed by atoms with Gasteiger partial charge in [0, 0.05) is 12.0 Å². The van der Waals surface area contributed by atoms with E-state index < -0.39 is 36.7 Å². The topological polar surface area (TPSA) is 106 Å². The average Bonchev–Trinajstić information content (AvgIpc) is 2.94. The van der Waals surface area contributed by atoms with E-state index in [0.29, 0.717) is 6.61 Å². The Bertz CT molecular complexity index is 565. The van der Waals surface area contributed by atoms with Gasteiger partial charge in [-0.1, -0.05) is 35.4 Å². The summed E-state index contributed by atoms with van der Waals surface area (Å²) in [6.07, 6.45) is -3.06.